The number of aryl methyl sites for hydroxylation is 1. The number of nitro benzene ring substituents is 1. The summed E-state index contributed by atoms with van der Waals surface area (Å²) in [5.74, 6) is -0.369. The number of carbonyl (C=O) groups excluding carboxylic acids is 1. The fourth-order valence-corrected chi connectivity index (χ4v) is 2.27. The third kappa shape index (κ3) is 4.02. The monoisotopic (exact) mass is 348 g/mol. The van der Waals surface area contributed by atoms with E-state index >= 15 is 0 Å². The standard InChI is InChI=1S/C17H17ClN2O4/c1-10-7-8-16(15(9-10)20(22)23)24-12(3)17(21)19-14-6-4-5-13(18)11(14)2/h4-9,12H,1-3H3,(H,19,21)/t12-/m0/s1. The van der Waals surface area contributed by atoms with Crippen molar-refractivity contribution in [3.8, 4) is 5.75 Å². The van der Waals surface area contributed by atoms with Crippen molar-refractivity contribution < 1.29 is 14.5 Å². The number of nitrogens with one attached hydrogen (secondary N) is 1. The van der Waals surface area contributed by atoms with E-state index in [9.17, 15) is 14.9 Å². The maximum atomic E-state index is 12.3. The van der Waals surface area contributed by atoms with Gasteiger partial charge in [-0.25, -0.2) is 0 Å². The molecule has 2 aromatic carbocycles. The molecule has 0 aliphatic carbocycles. The van der Waals surface area contributed by atoms with Crippen molar-refractivity contribution in [1.82, 2.24) is 0 Å². The third-order valence-electron chi connectivity index (χ3n) is 3.51. The first-order valence-corrected chi connectivity index (χ1v) is 7.65. The Morgan fingerprint density at radius 1 is 1.29 bits per heavy atom. The number of carbonyl (C=O) groups is 1. The fourth-order valence-electron chi connectivity index (χ4n) is 2.09. The van der Waals surface area contributed by atoms with Crippen LogP contribution in [0.4, 0.5) is 11.4 Å². The van der Waals surface area contributed by atoms with Crippen LogP contribution in [0.5, 0.6) is 5.75 Å². The van der Waals surface area contributed by atoms with Crippen molar-refractivity contribution in [3.63, 3.8) is 0 Å². The van der Waals surface area contributed by atoms with E-state index in [2.05, 4.69) is 5.32 Å². The molecule has 126 valence electrons. The maximum absolute atomic E-state index is 12.3. The van der Waals surface area contributed by atoms with E-state index in [-0.39, 0.29) is 11.4 Å². The summed E-state index contributed by atoms with van der Waals surface area (Å²) in [6, 6.07) is 9.75. The van der Waals surface area contributed by atoms with E-state index in [0.717, 1.165) is 11.1 Å². The zero-order valence-electron chi connectivity index (χ0n) is 13.5. The predicted octanol–water partition coefficient (Wildman–Crippen LogP) is 4.27. The van der Waals surface area contributed by atoms with Crippen LogP contribution >= 0.6 is 11.6 Å². The lowest BCUT2D eigenvalue weighted by atomic mass is 10.2. The molecule has 1 amide bonds. The van der Waals surface area contributed by atoms with E-state index in [1.165, 1.54) is 19.1 Å². The van der Waals surface area contributed by atoms with Crippen LogP contribution in [-0.2, 0) is 4.79 Å². The Hall–Kier alpha value is -2.60. The Bertz CT molecular complexity index is 792. The van der Waals surface area contributed by atoms with Crippen molar-refractivity contribution >= 4 is 28.9 Å². The van der Waals surface area contributed by atoms with E-state index in [4.69, 9.17) is 16.3 Å². The van der Waals surface area contributed by atoms with E-state index < -0.39 is 16.9 Å². The van der Waals surface area contributed by atoms with Crippen LogP contribution in [0, 0.1) is 24.0 Å². The first-order chi connectivity index (χ1) is 11.3. The number of hydrogen-bond donors (Lipinski definition) is 1. The minimum absolute atomic E-state index is 0.0519. The van der Waals surface area contributed by atoms with Gasteiger partial charge in [0, 0.05) is 16.8 Å². The quantitative estimate of drug-likeness (QED) is 0.646. The Labute approximate surface area is 144 Å². The third-order valence-corrected chi connectivity index (χ3v) is 3.92. The molecular formula is C17H17ClN2O4. The molecule has 0 aliphatic heterocycles. The predicted molar refractivity (Wildman–Crippen MR) is 92.7 cm³/mol. The van der Waals surface area contributed by atoms with Gasteiger partial charge in [-0.2, -0.15) is 0 Å². The highest BCUT2D eigenvalue weighted by Gasteiger charge is 2.21. The molecule has 0 bridgehead atoms. The maximum Gasteiger partial charge on any atom is 0.311 e. The first kappa shape index (κ1) is 17.7. The highest BCUT2D eigenvalue weighted by molar-refractivity contribution is 6.31. The van der Waals surface area contributed by atoms with Gasteiger partial charge in [0.15, 0.2) is 11.9 Å². The second kappa shape index (κ2) is 7.31. The fraction of sp³-hybridized carbons (Fsp3) is 0.235. The van der Waals surface area contributed by atoms with Gasteiger partial charge in [0.05, 0.1) is 4.92 Å². The molecule has 0 unspecified atom stereocenters. The molecule has 24 heavy (non-hydrogen) atoms. The molecule has 1 N–H and O–H groups in total. The molecule has 6 nitrogen and oxygen atoms in total. The molecule has 1 atom stereocenters. The lowest BCUT2D eigenvalue weighted by molar-refractivity contribution is -0.386. The van der Waals surface area contributed by atoms with Gasteiger partial charge in [-0.05, 0) is 50.1 Å². The van der Waals surface area contributed by atoms with Crippen molar-refractivity contribution in [2.24, 2.45) is 0 Å². The molecule has 0 aliphatic rings. The number of halogens is 1. The lowest BCUT2D eigenvalue weighted by Crippen LogP contribution is -2.30. The summed E-state index contributed by atoms with van der Waals surface area (Å²) in [7, 11) is 0. The largest absolute Gasteiger partial charge is 0.474 e. The lowest BCUT2D eigenvalue weighted by Gasteiger charge is -2.16. The number of nitro groups is 1. The molecule has 0 saturated heterocycles. The molecule has 2 aromatic rings. The van der Waals surface area contributed by atoms with E-state index in [0.29, 0.717) is 10.7 Å². The van der Waals surface area contributed by atoms with Crippen LogP contribution in [0.1, 0.15) is 18.1 Å². The van der Waals surface area contributed by atoms with Gasteiger partial charge >= 0.3 is 5.69 Å². The zero-order valence-corrected chi connectivity index (χ0v) is 14.3. The average Bonchev–Trinajstić information content (AvgIpc) is 2.53. The molecule has 0 aromatic heterocycles. The van der Waals surface area contributed by atoms with Crippen LogP contribution in [-0.4, -0.2) is 16.9 Å². The summed E-state index contributed by atoms with van der Waals surface area (Å²) in [5.41, 5.74) is 1.87. The molecular weight excluding hydrogens is 332 g/mol. The molecule has 0 fully saturated rings. The average molecular weight is 349 g/mol. The summed E-state index contributed by atoms with van der Waals surface area (Å²) in [4.78, 5) is 22.9. The van der Waals surface area contributed by atoms with Crippen molar-refractivity contribution in [2.75, 3.05) is 5.32 Å². The topological polar surface area (TPSA) is 81.5 Å². The van der Waals surface area contributed by atoms with Crippen LogP contribution in [0.3, 0.4) is 0 Å². The van der Waals surface area contributed by atoms with Crippen LogP contribution < -0.4 is 10.1 Å². The van der Waals surface area contributed by atoms with Gasteiger partial charge in [-0.1, -0.05) is 23.7 Å². The SMILES string of the molecule is Cc1ccc(O[C@@H](C)C(=O)Nc2cccc(Cl)c2C)c([N+](=O)[O-])c1. The Morgan fingerprint density at radius 3 is 2.67 bits per heavy atom. The molecule has 0 radical (unpaired) electrons. The minimum atomic E-state index is -0.912. The summed E-state index contributed by atoms with van der Waals surface area (Å²) < 4.78 is 5.48. The van der Waals surface area contributed by atoms with Crippen molar-refractivity contribution in [2.45, 2.75) is 26.9 Å². The summed E-state index contributed by atoms with van der Waals surface area (Å²) in [6.07, 6.45) is -0.912. The molecule has 7 heteroatoms. The molecule has 2 rings (SSSR count). The normalized spacial score (nSPS) is 11.7. The summed E-state index contributed by atoms with van der Waals surface area (Å²) >= 11 is 6.02. The molecule has 0 spiro atoms. The van der Waals surface area contributed by atoms with Crippen LogP contribution in [0.25, 0.3) is 0 Å². The highest BCUT2D eigenvalue weighted by Crippen LogP contribution is 2.29. The zero-order chi connectivity index (χ0) is 17.9. The van der Waals surface area contributed by atoms with Gasteiger partial charge in [-0.3, -0.25) is 14.9 Å². The number of benzene rings is 2. The second-order valence-corrected chi connectivity index (χ2v) is 5.80. The second-order valence-electron chi connectivity index (χ2n) is 5.39. The smallest absolute Gasteiger partial charge is 0.311 e. The summed E-state index contributed by atoms with van der Waals surface area (Å²) in [5, 5.41) is 14.4. The number of rotatable bonds is 5. The van der Waals surface area contributed by atoms with Crippen molar-refractivity contribution in [1.29, 1.82) is 0 Å². The number of anilines is 1. The van der Waals surface area contributed by atoms with Gasteiger partial charge in [-0.15, -0.1) is 0 Å². The van der Waals surface area contributed by atoms with E-state index in [1.807, 2.05) is 0 Å². The van der Waals surface area contributed by atoms with Crippen LogP contribution in [0.15, 0.2) is 36.4 Å². The first-order valence-electron chi connectivity index (χ1n) is 7.27. The Morgan fingerprint density at radius 2 is 2.00 bits per heavy atom. The van der Waals surface area contributed by atoms with Gasteiger partial charge in [0.25, 0.3) is 5.91 Å². The highest BCUT2D eigenvalue weighted by atomic mass is 35.5. The van der Waals surface area contributed by atoms with E-state index in [1.54, 1.807) is 38.1 Å². The Kier molecular flexibility index (Phi) is 5.41. The molecule has 0 heterocycles. The Balaban J connectivity index is 2.15. The van der Waals surface area contributed by atoms with Gasteiger partial charge < -0.3 is 10.1 Å². The number of nitrogens with zero attached hydrogens (tertiary/aromatic N) is 1. The van der Waals surface area contributed by atoms with Crippen LogP contribution in [0.2, 0.25) is 5.02 Å². The van der Waals surface area contributed by atoms with Crippen molar-refractivity contribution in [3.05, 3.63) is 62.7 Å². The number of hydrogen-bond acceptors (Lipinski definition) is 4. The molecule has 0 saturated carbocycles. The minimum Gasteiger partial charge on any atom is -0.474 e. The van der Waals surface area contributed by atoms with Gasteiger partial charge in [0.1, 0.15) is 0 Å². The number of ether oxygens (including phenoxy) is 1. The van der Waals surface area contributed by atoms with Gasteiger partial charge in [0.2, 0.25) is 0 Å². The number of amides is 1. The summed E-state index contributed by atoms with van der Waals surface area (Å²) in [6.45, 7) is 5.06.